The lowest BCUT2D eigenvalue weighted by molar-refractivity contribution is 0.214. The Morgan fingerprint density at radius 2 is 1.79 bits per heavy atom. The van der Waals surface area contributed by atoms with E-state index in [2.05, 4.69) is 25.2 Å². The Bertz CT molecular complexity index is 1220. The minimum atomic E-state index is -0.281. The van der Waals surface area contributed by atoms with Crippen molar-refractivity contribution >= 4 is 23.4 Å². The Morgan fingerprint density at radius 3 is 2.58 bits per heavy atom. The summed E-state index contributed by atoms with van der Waals surface area (Å²) in [5, 5.41) is 14.2. The molecule has 7 nitrogen and oxygen atoms in total. The van der Waals surface area contributed by atoms with Crippen molar-refractivity contribution in [2.45, 2.75) is 36.7 Å². The number of rotatable bonds is 7. The van der Waals surface area contributed by atoms with Gasteiger partial charge in [0.15, 0.2) is 11.0 Å². The van der Waals surface area contributed by atoms with Crippen LogP contribution in [0.4, 0.5) is 4.39 Å². The van der Waals surface area contributed by atoms with E-state index >= 15 is 0 Å². The number of piperidine rings is 1. The third kappa shape index (κ3) is 5.10. The summed E-state index contributed by atoms with van der Waals surface area (Å²) < 4.78 is 21.0. The largest absolute Gasteiger partial charge is 0.338 e. The molecule has 4 aromatic rings. The molecule has 1 aliphatic rings. The van der Waals surface area contributed by atoms with Gasteiger partial charge in [0.1, 0.15) is 5.82 Å². The maximum Gasteiger partial charge on any atom is 0.237 e. The molecule has 5 rings (SSSR count). The van der Waals surface area contributed by atoms with Gasteiger partial charge in [-0.3, -0.25) is 9.47 Å². The zero-order valence-corrected chi connectivity index (χ0v) is 19.4. The summed E-state index contributed by atoms with van der Waals surface area (Å²) in [6, 6.07) is 13.7. The third-order valence-corrected chi connectivity index (χ3v) is 6.75. The Kier molecular flexibility index (Phi) is 6.70. The van der Waals surface area contributed by atoms with Gasteiger partial charge < -0.3 is 4.52 Å². The van der Waals surface area contributed by atoms with Crippen LogP contribution < -0.4 is 0 Å². The number of benzene rings is 2. The van der Waals surface area contributed by atoms with E-state index in [0.29, 0.717) is 34.2 Å². The average Bonchev–Trinajstić information content (AvgIpc) is 3.46. The lowest BCUT2D eigenvalue weighted by atomic mass is 10.1. The van der Waals surface area contributed by atoms with Crippen LogP contribution in [0.5, 0.6) is 0 Å². The van der Waals surface area contributed by atoms with E-state index in [9.17, 15) is 4.39 Å². The first-order chi connectivity index (χ1) is 16.2. The van der Waals surface area contributed by atoms with Crippen LogP contribution in [0.1, 0.15) is 31.0 Å². The third-order valence-electron chi connectivity index (χ3n) is 5.51. The molecule has 10 heteroatoms. The normalized spacial score (nSPS) is 14.6. The van der Waals surface area contributed by atoms with Gasteiger partial charge in [0, 0.05) is 11.3 Å². The molecule has 2 aromatic carbocycles. The standard InChI is InChI=1S/C23H22ClFN6OS/c24-19-7-3-2-6-18(19)22-26-21(32-29-22)15-33-23-28-27-20(14-30-12-4-1-5-13-30)31(23)17-10-8-16(25)9-11-17/h2-3,6-11H,1,4-5,12-15H2. The molecule has 170 valence electrons. The fourth-order valence-corrected chi connectivity index (χ4v) is 4.88. The predicted octanol–water partition coefficient (Wildman–Crippen LogP) is 5.39. The SMILES string of the molecule is Fc1ccc(-n2c(CN3CCCCC3)nnc2SCc2nc(-c3ccccc3Cl)no2)cc1. The molecule has 0 unspecified atom stereocenters. The highest BCUT2D eigenvalue weighted by atomic mass is 35.5. The molecule has 0 N–H and O–H groups in total. The van der Waals surface area contributed by atoms with Crippen LogP contribution in [0, 0.1) is 5.82 Å². The Morgan fingerprint density at radius 1 is 1.00 bits per heavy atom. The summed E-state index contributed by atoms with van der Waals surface area (Å²) in [6.07, 6.45) is 3.65. The van der Waals surface area contributed by atoms with Gasteiger partial charge in [-0.15, -0.1) is 10.2 Å². The van der Waals surface area contributed by atoms with Crippen molar-refractivity contribution in [3.8, 4) is 17.1 Å². The zero-order valence-electron chi connectivity index (χ0n) is 17.8. The molecular weight excluding hydrogens is 463 g/mol. The Hall–Kier alpha value is -2.75. The van der Waals surface area contributed by atoms with Crippen molar-refractivity contribution in [3.63, 3.8) is 0 Å². The van der Waals surface area contributed by atoms with Crippen molar-refractivity contribution in [1.29, 1.82) is 0 Å². The fourth-order valence-electron chi connectivity index (χ4n) is 3.85. The maximum atomic E-state index is 13.6. The first kappa shape index (κ1) is 22.1. The van der Waals surface area contributed by atoms with E-state index in [-0.39, 0.29) is 5.82 Å². The summed E-state index contributed by atoms with van der Waals surface area (Å²) in [7, 11) is 0. The van der Waals surface area contributed by atoms with E-state index in [0.717, 1.165) is 30.2 Å². The average molecular weight is 485 g/mol. The summed E-state index contributed by atoms with van der Waals surface area (Å²) >= 11 is 7.69. The second-order valence-corrected chi connectivity index (χ2v) is 9.18. The lowest BCUT2D eigenvalue weighted by Crippen LogP contribution is -2.30. The lowest BCUT2D eigenvalue weighted by Gasteiger charge is -2.26. The van der Waals surface area contributed by atoms with Crippen molar-refractivity contribution in [2.24, 2.45) is 0 Å². The highest BCUT2D eigenvalue weighted by Crippen LogP contribution is 2.29. The van der Waals surface area contributed by atoms with E-state index in [1.807, 2.05) is 22.8 Å². The van der Waals surface area contributed by atoms with Gasteiger partial charge in [0.25, 0.3) is 0 Å². The van der Waals surface area contributed by atoms with Gasteiger partial charge in [-0.25, -0.2) is 4.39 Å². The van der Waals surface area contributed by atoms with Crippen LogP contribution in [0.3, 0.4) is 0 Å². The number of likely N-dealkylation sites (tertiary alicyclic amines) is 1. The summed E-state index contributed by atoms with van der Waals surface area (Å²) in [5.41, 5.74) is 1.54. The molecule has 0 amide bonds. The highest BCUT2D eigenvalue weighted by Gasteiger charge is 2.20. The smallest absolute Gasteiger partial charge is 0.237 e. The minimum absolute atomic E-state index is 0.281. The molecule has 33 heavy (non-hydrogen) atoms. The molecule has 1 fully saturated rings. The molecule has 3 heterocycles. The maximum absolute atomic E-state index is 13.6. The first-order valence-corrected chi connectivity index (χ1v) is 12.2. The second-order valence-electron chi connectivity index (χ2n) is 7.83. The van der Waals surface area contributed by atoms with Gasteiger partial charge in [-0.2, -0.15) is 4.98 Å². The molecule has 0 aliphatic carbocycles. The summed E-state index contributed by atoms with van der Waals surface area (Å²) in [6.45, 7) is 2.79. The van der Waals surface area contributed by atoms with Crippen molar-refractivity contribution in [2.75, 3.05) is 13.1 Å². The van der Waals surface area contributed by atoms with Gasteiger partial charge >= 0.3 is 0 Å². The van der Waals surface area contributed by atoms with E-state index < -0.39 is 0 Å². The van der Waals surface area contributed by atoms with Gasteiger partial charge in [0.2, 0.25) is 11.7 Å². The zero-order chi connectivity index (χ0) is 22.6. The van der Waals surface area contributed by atoms with Gasteiger partial charge in [-0.05, 0) is 62.3 Å². The monoisotopic (exact) mass is 484 g/mol. The summed E-state index contributed by atoms with van der Waals surface area (Å²) in [5.74, 6) is 1.87. The van der Waals surface area contributed by atoms with E-state index in [1.165, 1.54) is 43.2 Å². The van der Waals surface area contributed by atoms with Crippen LogP contribution in [0.2, 0.25) is 5.02 Å². The first-order valence-electron chi connectivity index (χ1n) is 10.8. The highest BCUT2D eigenvalue weighted by molar-refractivity contribution is 7.98. The summed E-state index contributed by atoms with van der Waals surface area (Å²) in [4.78, 5) is 6.86. The second kappa shape index (κ2) is 10.0. The van der Waals surface area contributed by atoms with Crippen LogP contribution >= 0.6 is 23.4 Å². The van der Waals surface area contributed by atoms with Crippen LogP contribution in [0.15, 0.2) is 58.2 Å². The van der Waals surface area contributed by atoms with E-state index in [4.69, 9.17) is 16.1 Å². The Balaban J connectivity index is 1.37. The number of hydrogen-bond donors (Lipinski definition) is 0. The van der Waals surface area contributed by atoms with Gasteiger partial charge in [0.05, 0.1) is 17.3 Å². The van der Waals surface area contributed by atoms with Crippen LogP contribution in [-0.4, -0.2) is 42.9 Å². The number of nitrogens with zero attached hydrogens (tertiary/aromatic N) is 6. The topological polar surface area (TPSA) is 72.9 Å². The molecule has 0 bridgehead atoms. The van der Waals surface area contributed by atoms with Crippen LogP contribution in [-0.2, 0) is 12.3 Å². The van der Waals surface area contributed by atoms with Gasteiger partial charge in [-0.1, -0.05) is 47.1 Å². The molecule has 1 saturated heterocycles. The number of aromatic nitrogens is 5. The van der Waals surface area contributed by atoms with Crippen molar-refractivity contribution in [1.82, 2.24) is 29.8 Å². The van der Waals surface area contributed by atoms with E-state index in [1.54, 1.807) is 18.2 Å². The Labute approximate surface area is 200 Å². The number of hydrogen-bond acceptors (Lipinski definition) is 7. The quantitative estimate of drug-likeness (QED) is 0.326. The van der Waals surface area contributed by atoms with Crippen molar-refractivity contribution < 1.29 is 8.91 Å². The molecule has 0 spiro atoms. The van der Waals surface area contributed by atoms with Crippen molar-refractivity contribution in [3.05, 3.63) is 71.1 Å². The minimum Gasteiger partial charge on any atom is -0.338 e. The van der Waals surface area contributed by atoms with Crippen LogP contribution in [0.25, 0.3) is 17.1 Å². The molecule has 0 radical (unpaired) electrons. The molecule has 0 atom stereocenters. The molecule has 0 saturated carbocycles. The number of halogens is 2. The molecule has 2 aromatic heterocycles. The fraction of sp³-hybridized carbons (Fsp3) is 0.304. The number of thioether (sulfide) groups is 1. The molecular formula is C23H22ClFN6OS. The predicted molar refractivity (Wildman–Crippen MR) is 125 cm³/mol. The molecule has 1 aliphatic heterocycles.